The van der Waals surface area contributed by atoms with E-state index in [0.717, 1.165) is 15.7 Å². The van der Waals surface area contributed by atoms with Gasteiger partial charge in [-0.3, -0.25) is 10.1 Å². The van der Waals surface area contributed by atoms with Crippen molar-refractivity contribution in [1.29, 1.82) is 0 Å². The Bertz CT molecular complexity index is 1050. The van der Waals surface area contributed by atoms with Gasteiger partial charge in [-0.2, -0.15) is 5.10 Å². The first kappa shape index (κ1) is 19.9. The molecule has 0 bridgehead atoms. The standard InChI is InChI=1S/C20H18BrN3O3S/c1-27-19-10-12-20(13-11-19)28(25,26)24-18-8-6-17(7-9-18)23-22-14-15-2-4-16(21)5-3-15/h2-14,23-24H,1H3/b22-14+. The zero-order valence-electron chi connectivity index (χ0n) is 15.0. The van der Waals surface area contributed by atoms with E-state index in [-0.39, 0.29) is 4.90 Å². The van der Waals surface area contributed by atoms with Crippen LogP contribution in [0.1, 0.15) is 5.56 Å². The van der Waals surface area contributed by atoms with Crippen LogP contribution in [0.3, 0.4) is 0 Å². The van der Waals surface area contributed by atoms with Gasteiger partial charge in [0.25, 0.3) is 10.0 Å². The molecule has 8 heteroatoms. The molecule has 0 fully saturated rings. The first-order valence-electron chi connectivity index (χ1n) is 8.28. The monoisotopic (exact) mass is 459 g/mol. The number of hydrogen-bond acceptors (Lipinski definition) is 5. The lowest BCUT2D eigenvalue weighted by molar-refractivity contribution is 0.414. The normalized spacial score (nSPS) is 11.4. The van der Waals surface area contributed by atoms with Crippen LogP contribution in [-0.4, -0.2) is 21.7 Å². The molecule has 3 rings (SSSR count). The van der Waals surface area contributed by atoms with Crippen molar-refractivity contribution in [2.75, 3.05) is 17.3 Å². The topological polar surface area (TPSA) is 79.8 Å². The molecule has 0 saturated carbocycles. The Labute approximate surface area is 172 Å². The molecule has 0 atom stereocenters. The Morgan fingerprint density at radius 2 is 1.50 bits per heavy atom. The van der Waals surface area contributed by atoms with E-state index in [1.165, 1.54) is 19.2 Å². The van der Waals surface area contributed by atoms with Gasteiger partial charge in [0.05, 0.1) is 23.9 Å². The molecule has 2 N–H and O–H groups in total. The van der Waals surface area contributed by atoms with Gasteiger partial charge in [-0.05, 0) is 66.2 Å². The number of sulfonamides is 1. The van der Waals surface area contributed by atoms with Crippen molar-refractivity contribution in [2.24, 2.45) is 5.10 Å². The fraction of sp³-hybridized carbons (Fsp3) is 0.0500. The van der Waals surface area contributed by atoms with Crippen LogP contribution in [0.15, 0.2) is 87.3 Å². The van der Waals surface area contributed by atoms with Crippen LogP contribution in [-0.2, 0) is 10.0 Å². The summed E-state index contributed by atoms with van der Waals surface area (Å²) < 4.78 is 33.5. The summed E-state index contributed by atoms with van der Waals surface area (Å²) in [4.78, 5) is 0.162. The highest BCUT2D eigenvalue weighted by Gasteiger charge is 2.14. The molecular weight excluding hydrogens is 442 g/mol. The van der Waals surface area contributed by atoms with Gasteiger partial charge in [0.1, 0.15) is 5.75 Å². The van der Waals surface area contributed by atoms with Gasteiger partial charge in [0.2, 0.25) is 0 Å². The number of rotatable bonds is 7. The number of methoxy groups -OCH3 is 1. The maximum Gasteiger partial charge on any atom is 0.261 e. The molecule has 0 heterocycles. The van der Waals surface area contributed by atoms with Crippen LogP contribution in [0.4, 0.5) is 11.4 Å². The average Bonchev–Trinajstić information content (AvgIpc) is 2.70. The fourth-order valence-corrected chi connectivity index (χ4v) is 3.63. The Kier molecular flexibility index (Phi) is 6.33. The number of hydrogen-bond donors (Lipinski definition) is 2. The van der Waals surface area contributed by atoms with E-state index in [1.54, 1.807) is 42.6 Å². The number of nitrogens with zero attached hydrogens (tertiary/aromatic N) is 1. The minimum atomic E-state index is -3.67. The van der Waals surface area contributed by atoms with Crippen LogP contribution in [0.25, 0.3) is 0 Å². The second-order valence-electron chi connectivity index (χ2n) is 5.78. The minimum absolute atomic E-state index is 0.162. The maximum atomic E-state index is 12.4. The molecule has 0 aliphatic carbocycles. The lowest BCUT2D eigenvalue weighted by Crippen LogP contribution is -2.12. The number of ether oxygens (including phenoxy) is 1. The Balaban J connectivity index is 1.62. The molecule has 3 aromatic carbocycles. The molecular formula is C20H18BrN3O3S. The summed E-state index contributed by atoms with van der Waals surface area (Å²) in [5, 5.41) is 4.17. The number of anilines is 2. The van der Waals surface area contributed by atoms with Crippen LogP contribution < -0.4 is 14.9 Å². The lowest BCUT2D eigenvalue weighted by atomic mass is 10.2. The van der Waals surface area contributed by atoms with E-state index in [4.69, 9.17) is 4.74 Å². The number of halogens is 1. The summed E-state index contributed by atoms with van der Waals surface area (Å²) in [7, 11) is -2.14. The van der Waals surface area contributed by atoms with Crippen molar-refractivity contribution in [3.63, 3.8) is 0 Å². The van der Waals surface area contributed by atoms with Crippen molar-refractivity contribution in [1.82, 2.24) is 0 Å². The molecule has 0 aliphatic heterocycles. The van der Waals surface area contributed by atoms with E-state index in [1.807, 2.05) is 24.3 Å². The van der Waals surface area contributed by atoms with E-state index in [0.29, 0.717) is 11.4 Å². The summed E-state index contributed by atoms with van der Waals surface area (Å²) in [5.41, 5.74) is 5.06. The number of benzene rings is 3. The van der Waals surface area contributed by atoms with Crippen LogP contribution in [0.2, 0.25) is 0 Å². The third kappa shape index (κ3) is 5.34. The van der Waals surface area contributed by atoms with Crippen molar-refractivity contribution in [3.8, 4) is 5.75 Å². The van der Waals surface area contributed by atoms with Crippen molar-refractivity contribution >= 4 is 43.5 Å². The quantitative estimate of drug-likeness (QED) is 0.396. The summed E-state index contributed by atoms with van der Waals surface area (Å²) in [6.45, 7) is 0. The van der Waals surface area contributed by atoms with E-state index < -0.39 is 10.0 Å². The van der Waals surface area contributed by atoms with E-state index in [9.17, 15) is 8.42 Å². The molecule has 6 nitrogen and oxygen atoms in total. The molecule has 144 valence electrons. The van der Waals surface area contributed by atoms with Gasteiger partial charge in [-0.25, -0.2) is 8.42 Å². The zero-order chi connectivity index (χ0) is 20.0. The van der Waals surface area contributed by atoms with Crippen LogP contribution >= 0.6 is 15.9 Å². The summed E-state index contributed by atoms with van der Waals surface area (Å²) in [5.74, 6) is 0.595. The lowest BCUT2D eigenvalue weighted by Gasteiger charge is -2.09. The smallest absolute Gasteiger partial charge is 0.261 e. The second-order valence-corrected chi connectivity index (χ2v) is 8.38. The maximum absolute atomic E-state index is 12.4. The van der Waals surface area contributed by atoms with Gasteiger partial charge in [0.15, 0.2) is 0 Å². The summed E-state index contributed by atoms with van der Waals surface area (Å²) in [6, 6.07) is 20.7. The summed E-state index contributed by atoms with van der Waals surface area (Å²) >= 11 is 3.38. The van der Waals surface area contributed by atoms with Crippen molar-refractivity contribution < 1.29 is 13.2 Å². The predicted molar refractivity (Wildman–Crippen MR) is 116 cm³/mol. The Morgan fingerprint density at radius 1 is 0.893 bits per heavy atom. The van der Waals surface area contributed by atoms with Gasteiger partial charge >= 0.3 is 0 Å². The fourth-order valence-electron chi connectivity index (χ4n) is 2.31. The van der Waals surface area contributed by atoms with Gasteiger partial charge in [0, 0.05) is 10.2 Å². The molecule has 0 spiro atoms. The van der Waals surface area contributed by atoms with E-state index >= 15 is 0 Å². The van der Waals surface area contributed by atoms with E-state index in [2.05, 4.69) is 31.2 Å². The van der Waals surface area contributed by atoms with Gasteiger partial charge < -0.3 is 4.74 Å². The molecule has 0 radical (unpaired) electrons. The molecule has 28 heavy (non-hydrogen) atoms. The highest BCUT2D eigenvalue weighted by molar-refractivity contribution is 9.10. The summed E-state index contributed by atoms with van der Waals surface area (Å²) in [6.07, 6.45) is 1.70. The number of hydrazone groups is 1. The predicted octanol–water partition coefficient (Wildman–Crippen LogP) is 4.70. The SMILES string of the molecule is COc1ccc(S(=O)(=O)Nc2ccc(N/N=C/c3ccc(Br)cc3)cc2)cc1. The first-order valence-corrected chi connectivity index (χ1v) is 10.6. The molecule has 3 aromatic rings. The average molecular weight is 460 g/mol. The third-order valence-corrected chi connectivity index (χ3v) is 5.71. The third-order valence-electron chi connectivity index (χ3n) is 3.78. The highest BCUT2D eigenvalue weighted by Crippen LogP contribution is 2.20. The molecule has 0 aromatic heterocycles. The molecule has 0 unspecified atom stereocenters. The number of nitrogens with one attached hydrogen (secondary N) is 2. The molecule has 0 aliphatic rings. The van der Waals surface area contributed by atoms with Gasteiger partial charge in [-0.1, -0.05) is 28.1 Å². The zero-order valence-corrected chi connectivity index (χ0v) is 17.4. The highest BCUT2D eigenvalue weighted by atomic mass is 79.9. The van der Waals surface area contributed by atoms with Gasteiger partial charge in [-0.15, -0.1) is 0 Å². The second kappa shape index (κ2) is 8.90. The first-order chi connectivity index (χ1) is 13.5. The van der Waals surface area contributed by atoms with Crippen molar-refractivity contribution in [3.05, 3.63) is 82.8 Å². The molecule has 0 amide bonds. The van der Waals surface area contributed by atoms with Crippen molar-refractivity contribution in [2.45, 2.75) is 4.90 Å². The largest absolute Gasteiger partial charge is 0.497 e. The van der Waals surface area contributed by atoms with Crippen LogP contribution in [0.5, 0.6) is 5.75 Å². The Morgan fingerprint density at radius 3 is 2.11 bits per heavy atom. The molecule has 0 saturated heterocycles. The minimum Gasteiger partial charge on any atom is -0.497 e. The van der Waals surface area contributed by atoms with Crippen LogP contribution in [0, 0.1) is 0 Å². The Hall–Kier alpha value is -2.84.